The fourth-order valence-corrected chi connectivity index (χ4v) is 3.54. The van der Waals surface area contributed by atoms with Crippen LogP contribution in [0.1, 0.15) is 29.1 Å². The summed E-state index contributed by atoms with van der Waals surface area (Å²) in [7, 11) is -5.79. The number of nitrogens with one attached hydrogen (secondary N) is 1. The lowest BCUT2D eigenvalue weighted by Crippen LogP contribution is -2.32. The van der Waals surface area contributed by atoms with Crippen molar-refractivity contribution in [1.82, 2.24) is 19.9 Å². The van der Waals surface area contributed by atoms with Crippen molar-refractivity contribution < 1.29 is 26.4 Å². The van der Waals surface area contributed by atoms with E-state index in [1.54, 1.807) is 17.7 Å². The summed E-state index contributed by atoms with van der Waals surface area (Å²) in [5.74, 6) is -0.607. The van der Waals surface area contributed by atoms with Crippen LogP contribution in [0.4, 0.5) is 13.2 Å². The third-order valence-corrected chi connectivity index (χ3v) is 5.46. The van der Waals surface area contributed by atoms with Gasteiger partial charge in [0.2, 0.25) is 0 Å². The molecule has 1 amide bonds. The minimum Gasteiger partial charge on any atom is -0.342 e. The van der Waals surface area contributed by atoms with Crippen LogP contribution in [-0.2, 0) is 9.84 Å². The molecule has 0 spiro atoms. The molecule has 0 aliphatic rings. The molecule has 7 nitrogen and oxygen atoms in total. The zero-order valence-electron chi connectivity index (χ0n) is 15.0. The maximum absolute atomic E-state index is 12.9. The van der Waals surface area contributed by atoms with E-state index in [1.165, 1.54) is 12.3 Å². The number of amides is 1. The molecule has 0 bridgehead atoms. The van der Waals surface area contributed by atoms with Crippen molar-refractivity contribution in [1.29, 1.82) is 0 Å². The molecule has 1 unspecified atom stereocenters. The Morgan fingerprint density at radius 3 is 2.41 bits per heavy atom. The number of alkyl halides is 3. The molecule has 1 atom stereocenters. The first-order valence-electron chi connectivity index (χ1n) is 8.29. The van der Waals surface area contributed by atoms with Crippen LogP contribution in [0.5, 0.6) is 0 Å². The molecule has 3 rings (SSSR count). The number of rotatable bonds is 5. The molecule has 0 aliphatic heterocycles. The molecule has 29 heavy (non-hydrogen) atoms. The first kappa shape index (κ1) is 20.5. The van der Waals surface area contributed by atoms with Gasteiger partial charge in [-0.25, -0.2) is 18.4 Å². The summed E-state index contributed by atoms with van der Waals surface area (Å²) >= 11 is 0. The highest BCUT2D eigenvalue weighted by Crippen LogP contribution is 2.31. The van der Waals surface area contributed by atoms with E-state index in [0.29, 0.717) is 5.82 Å². The number of benzene rings is 1. The van der Waals surface area contributed by atoms with Gasteiger partial charge in [0.05, 0.1) is 11.6 Å². The summed E-state index contributed by atoms with van der Waals surface area (Å²) in [6.45, 7) is 1.58. The van der Waals surface area contributed by atoms with Crippen molar-refractivity contribution in [2.75, 3.05) is 0 Å². The Morgan fingerprint density at radius 1 is 1.07 bits per heavy atom. The van der Waals surface area contributed by atoms with E-state index >= 15 is 0 Å². The van der Waals surface area contributed by atoms with Gasteiger partial charge in [0, 0.05) is 24.3 Å². The zero-order chi connectivity index (χ0) is 21.2. The van der Waals surface area contributed by atoms with Crippen LogP contribution >= 0.6 is 0 Å². The number of nitrogens with zero attached hydrogens (tertiary/aromatic N) is 3. The number of para-hydroxylation sites is 1. The summed E-state index contributed by atoms with van der Waals surface area (Å²) in [5, 5.41) is 1.13. The quantitative estimate of drug-likeness (QED) is 0.680. The number of pyridine rings is 1. The lowest BCUT2D eigenvalue weighted by Gasteiger charge is -2.17. The number of halogens is 3. The second-order valence-electron chi connectivity index (χ2n) is 5.99. The van der Waals surface area contributed by atoms with E-state index < -0.39 is 37.9 Å². The van der Waals surface area contributed by atoms with Crippen LogP contribution < -0.4 is 5.32 Å². The van der Waals surface area contributed by atoms with Crippen molar-refractivity contribution in [3.05, 3.63) is 72.4 Å². The van der Waals surface area contributed by atoms with E-state index in [2.05, 4.69) is 15.3 Å². The number of carbonyl (C=O) groups excluding carboxylic acids is 1. The molecule has 152 valence electrons. The predicted octanol–water partition coefficient (Wildman–Crippen LogP) is 3.05. The Morgan fingerprint density at radius 2 is 1.76 bits per heavy atom. The molecule has 2 heterocycles. The minimum atomic E-state index is -5.79. The predicted molar refractivity (Wildman–Crippen MR) is 96.9 cm³/mol. The Kier molecular flexibility index (Phi) is 5.42. The fourth-order valence-electron chi connectivity index (χ4n) is 2.67. The van der Waals surface area contributed by atoms with Crippen LogP contribution in [0.15, 0.2) is 66.1 Å². The second-order valence-corrected chi connectivity index (χ2v) is 7.85. The highest BCUT2D eigenvalue weighted by molar-refractivity contribution is 7.92. The highest BCUT2D eigenvalue weighted by Gasteiger charge is 2.49. The number of hydrogen-bond donors (Lipinski definition) is 1. The fraction of sp³-hybridized carbons (Fsp3) is 0.167. The van der Waals surface area contributed by atoms with Crippen molar-refractivity contribution >= 4 is 15.7 Å². The Labute approximate surface area is 164 Å². The van der Waals surface area contributed by atoms with E-state index in [0.717, 1.165) is 18.0 Å². The van der Waals surface area contributed by atoms with Crippen LogP contribution in [0.25, 0.3) is 5.69 Å². The third kappa shape index (κ3) is 3.99. The molecule has 0 aliphatic carbocycles. The molecule has 11 heteroatoms. The van der Waals surface area contributed by atoms with E-state index in [1.807, 2.05) is 30.3 Å². The molecule has 0 saturated carbocycles. The van der Waals surface area contributed by atoms with Crippen LogP contribution in [0.2, 0.25) is 0 Å². The van der Waals surface area contributed by atoms with E-state index in [-0.39, 0.29) is 0 Å². The van der Waals surface area contributed by atoms with Gasteiger partial charge in [-0.15, -0.1) is 0 Å². The van der Waals surface area contributed by atoms with Gasteiger partial charge in [0.1, 0.15) is 5.82 Å². The molecule has 2 aromatic heterocycles. The Balaban J connectivity index is 1.91. The van der Waals surface area contributed by atoms with Gasteiger partial charge in [-0.05, 0) is 31.2 Å². The summed E-state index contributed by atoms with van der Waals surface area (Å²) in [6, 6.07) is 10.5. The zero-order valence-corrected chi connectivity index (χ0v) is 15.8. The number of aromatic nitrogens is 3. The molecule has 0 fully saturated rings. The van der Waals surface area contributed by atoms with Crippen LogP contribution in [0.3, 0.4) is 0 Å². The number of hydrogen-bond acceptors (Lipinski definition) is 5. The first-order valence-corrected chi connectivity index (χ1v) is 9.77. The van der Waals surface area contributed by atoms with Gasteiger partial charge < -0.3 is 9.88 Å². The molecular weight excluding hydrogens is 409 g/mol. The maximum atomic E-state index is 12.9. The van der Waals surface area contributed by atoms with Crippen LogP contribution in [-0.4, -0.2) is 34.4 Å². The largest absolute Gasteiger partial charge is 0.503 e. The average molecular weight is 424 g/mol. The summed E-state index contributed by atoms with van der Waals surface area (Å²) in [6.07, 6.45) is 4.05. The van der Waals surface area contributed by atoms with Gasteiger partial charge in [-0.1, -0.05) is 18.2 Å². The lowest BCUT2D eigenvalue weighted by atomic mass is 10.2. The van der Waals surface area contributed by atoms with Crippen molar-refractivity contribution in [3.63, 3.8) is 0 Å². The number of sulfone groups is 1. The molecule has 0 saturated heterocycles. The first-order chi connectivity index (χ1) is 13.6. The summed E-state index contributed by atoms with van der Waals surface area (Å²) < 4.78 is 63.9. The third-order valence-electron chi connectivity index (χ3n) is 4.01. The second kappa shape index (κ2) is 7.66. The molecule has 0 radical (unpaired) electrons. The van der Waals surface area contributed by atoms with E-state index in [4.69, 9.17) is 0 Å². The van der Waals surface area contributed by atoms with Crippen molar-refractivity contribution in [2.24, 2.45) is 0 Å². The minimum absolute atomic E-state index is 0.411. The molecule has 1 N–H and O–H groups in total. The van der Waals surface area contributed by atoms with E-state index in [9.17, 15) is 26.4 Å². The molecule has 1 aromatic carbocycles. The van der Waals surface area contributed by atoms with Gasteiger partial charge >= 0.3 is 5.51 Å². The van der Waals surface area contributed by atoms with Crippen molar-refractivity contribution in [3.8, 4) is 5.69 Å². The van der Waals surface area contributed by atoms with Gasteiger partial charge in [-0.2, -0.15) is 13.2 Å². The van der Waals surface area contributed by atoms with Gasteiger partial charge in [0.15, 0.2) is 5.03 Å². The van der Waals surface area contributed by atoms with Gasteiger partial charge in [-0.3, -0.25) is 4.79 Å². The SMILES string of the molecule is CC(NC(=O)c1cccnc1S(=O)(=O)C(F)(F)F)c1nccn1-c1ccccc1. The normalized spacial score (nSPS) is 13.1. The molecular formula is C18H15F3N4O3S. The number of carbonyl (C=O) groups is 1. The highest BCUT2D eigenvalue weighted by atomic mass is 32.2. The summed E-state index contributed by atoms with van der Waals surface area (Å²) in [4.78, 5) is 20.0. The van der Waals surface area contributed by atoms with Crippen molar-refractivity contribution in [2.45, 2.75) is 23.5 Å². The molecule has 3 aromatic rings. The average Bonchev–Trinajstić information content (AvgIpc) is 3.18. The summed E-state index contributed by atoms with van der Waals surface area (Å²) in [5.41, 5.74) is -5.51. The number of imidazole rings is 1. The monoisotopic (exact) mass is 424 g/mol. The lowest BCUT2D eigenvalue weighted by molar-refractivity contribution is -0.0438. The maximum Gasteiger partial charge on any atom is 0.503 e. The Hall–Kier alpha value is -3.21. The standard InChI is InChI=1S/C18H15F3N4O3S/c1-12(15-22-10-11-25(15)13-6-3-2-4-7-13)24-16(26)14-8-5-9-23-17(14)29(27,28)18(19,20)21/h2-12H,1H3,(H,24,26). The topological polar surface area (TPSA) is 93.9 Å². The smallest absolute Gasteiger partial charge is 0.342 e. The van der Waals surface area contributed by atoms with Crippen LogP contribution in [0, 0.1) is 0 Å². The van der Waals surface area contributed by atoms with Gasteiger partial charge in [0.25, 0.3) is 15.7 Å². The Bertz CT molecular complexity index is 1130.